The van der Waals surface area contributed by atoms with Crippen LogP contribution >= 0.6 is 0 Å². The van der Waals surface area contributed by atoms with Gasteiger partial charge in [0.2, 0.25) is 5.95 Å². The van der Waals surface area contributed by atoms with Crippen molar-refractivity contribution in [3.8, 4) is 17.5 Å². The van der Waals surface area contributed by atoms with Gasteiger partial charge in [0.15, 0.2) is 5.82 Å². The Morgan fingerprint density at radius 1 is 1.07 bits per heavy atom. The van der Waals surface area contributed by atoms with Crippen LogP contribution in [0.2, 0.25) is 0 Å². The Balaban J connectivity index is 1.63. The molecular formula is C18H17BN6O3. The molecule has 0 saturated carbocycles. The van der Waals surface area contributed by atoms with Gasteiger partial charge in [-0.05, 0) is 17.1 Å². The molecule has 0 spiro atoms. The van der Waals surface area contributed by atoms with E-state index in [4.69, 9.17) is 4.74 Å². The molecule has 0 aliphatic carbocycles. The maximum absolute atomic E-state index is 9.31. The summed E-state index contributed by atoms with van der Waals surface area (Å²) in [6, 6.07) is 14.8. The second-order valence-corrected chi connectivity index (χ2v) is 6.06. The van der Waals surface area contributed by atoms with Crippen molar-refractivity contribution < 1.29 is 14.8 Å². The smallest absolute Gasteiger partial charge is 0.467 e. The Hall–Kier alpha value is -3.50. The number of methoxy groups -OCH3 is 1. The van der Waals surface area contributed by atoms with Gasteiger partial charge in [0, 0.05) is 11.9 Å². The molecule has 140 valence electrons. The van der Waals surface area contributed by atoms with Crippen molar-refractivity contribution in [1.29, 1.82) is 0 Å². The SMILES string of the molecule is COc1nc(NCc2cccc(B(O)O)c2)nc(-c2n[nH]c3ccccc23)n1. The molecular weight excluding hydrogens is 359 g/mol. The molecule has 2 aromatic heterocycles. The lowest BCUT2D eigenvalue weighted by Crippen LogP contribution is -2.30. The summed E-state index contributed by atoms with van der Waals surface area (Å²) in [6.45, 7) is 0.383. The maximum atomic E-state index is 9.31. The van der Waals surface area contributed by atoms with Gasteiger partial charge < -0.3 is 20.1 Å². The fourth-order valence-electron chi connectivity index (χ4n) is 2.81. The maximum Gasteiger partial charge on any atom is 0.488 e. The molecule has 0 bridgehead atoms. The van der Waals surface area contributed by atoms with Crippen molar-refractivity contribution in [1.82, 2.24) is 25.1 Å². The van der Waals surface area contributed by atoms with E-state index < -0.39 is 7.12 Å². The Bertz CT molecular complexity index is 1120. The minimum atomic E-state index is -1.52. The van der Waals surface area contributed by atoms with Gasteiger partial charge in [-0.3, -0.25) is 5.10 Å². The predicted molar refractivity (Wildman–Crippen MR) is 105 cm³/mol. The van der Waals surface area contributed by atoms with E-state index in [2.05, 4.69) is 30.5 Å². The Kier molecular flexibility index (Phi) is 4.88. The number of anilines is 1. The highest BCUT2D eigenvalue weighted by molar-refractivity contribution is 6.58. The van der Waals surface area contributed by atoms with E-state index in [-0.39, 0.29) is 6.01 Å². The third kappa shape index (κ3) is 3.64. The van der Waals surface area contributed by atoms with Crippen LogP contribution in [-0.2, 0) is 6.54 Å². The van der Waals surface area contributed by atoms with Crippen molar-refractivity contribution in [3.05, 3.63) is 54.1 Å². The molecule has 0 atom stereocenters. The van der Waals surface area contributed by atoms with Crippen LogP contribution in [0.1, 0.15) is 5.56 Å². The summed E-state index contributed by atoms with van der Waals surface area (Å²) in [5.41, 5.74) is 2.74. The number of ether oxygens (including phenoxy) is 1. The highest BCUT2D eigenvalue weighted by atomic mass is 16.5. The number of benzene rings is 2. The lowest BCUT2D eigenvalue weighted by molar-refractivity contribution is 0.379. The molecule has 0 amide bonds. The fourth-order valence-corrected chi connectivity index (χ4v) is 2.81. The van der Waals surface area contributed by atoms with Gasteiger partial charge >= 0.3 is 13.1 Å². The Morgan fingerprint density at radius 2 is 1.93 bits per heavy atom. The minimum absolute atomic E-state index is 0.166. The molecule has 0 unspecified atom stereocenters. The number of nitrogens with one attached hydrogen (secondary N) is 2. The largest absolute Gasteiger partial charge is 0.488 e. The molecule has 9 nitrogen and oxygen atoms in total. The van der Waals surface area contributed by atoms with Crippen LogP contribution < -0.4 is 15.5 Å². The van der Waals surface area contributed by atoms with Crippen LogP contribution in [0.25, 0.3) is 22.4 Å². The van der Waals surface area contributed by atoms with E-state index in [0.29, 0.717) is 29.5 Å². The lowest BCUT2D eigenvalue weighted by Gasteiger charge is -2.09. The van der Waals surface area contributed by atoms with E-state index in [0.717, 1.165) is 16.5 Å². The summed E-state index contributed by atoms with van der Waals surface area (Å²) in [6.07, 6.45) is 0. The van der Waals surface area contributed by atoms with Gasteiger partial charge in [-0.1, -0.05) is 42.5 Å². The van der Waals surface area contributed by atoms with Crippen LogP contribution in [0.3, 0.4) is 0 Å². The molecule has 0 aliphatic heterocycles. The topological polar surface area (TPSA) is 129 Å². The molecule has 0 fully saturated rings. The molecule has 0 saturated heterocycles. The van der Waals surface area contributed by atoms with Crippen LogP contribution in [0, 0.1) is 0 Å². The number of para-hydroxylation sites is 1. The molecule has 2 heterocycles. The second-order valence-electron chi connectivity index (χ2n) is 6.06. The molecule has 0 radical (unpaired) electrons. The monoisotopic (exact) mass is 376 g/mol. The number of hydrogen-bond acceptors (Lipinski definition) is 8. The third-order valence-electron chi connectivity index (χ3n) is 4.18. The van der Waals surface area contributed by atoms with E-state index in [1.165, 1.54) is 7.11 Å². The standard InChI is InChI=1S/C18H17BN6O3/c1-28-18-22-16(15-13-7-2-3-8-14(13)24-25-15)21-17(23-18)20-10-11-5-4-6-12(9-11)19(26)27/h2-9,26-27H,10H2,1H3,(H,24,25)(H,20,21,22,23). The summed E-state index contributed by atoms with van der Waals surface area (Å²) in [5, 5.41) is 29.9. The Morgan fingerprint density at radius 3 is 2.75 bits per heavy atom. The van der Waals surface area contributed by atoms with Gasteiger partial charge in [0.05, 0.1) is 12.6 Å². The van der Waals surface area contributed by atoms with E-state index in [1.807, 2.05) is 30.3 Å². The van der Waals surface area contributed by atoms with Gasteiger partial charge in [-0.15, -0.1) is 0 Å². The molecule has 2 aromatic carbocycles. The average molecular weight is 376 g/mol. The van der Waals surface area contributed by atoms with Crippen molar-refractivity contribution in [3.63, 3.8) is 0 Å². The molecule has 4 rings (SSSR count). The van der Waals surface area contributed by atoms with Crippen molar-refractivity contribution in [2.75, 3.05) is 12.4 Å². The van der Waals surface area contributed by atoms with E-state index in [9.17, 15) is 10.0 Å². The second kappa shape index (κ2) is 7.63. The highest BCUT2D eigenvalue weighted by Gasteiger charge is 2.15. The van der Waals surface area contributed by atoms with Gasteiger partial charge in [0.25, 0.3) is 0 Å². The van der Waals surface area contributed by atoms with Crippen LogP contribution in [0.15, 0.2) is 48.5 Å². The number of aromatic nitrogens is 5. The highest BCUT2D eigenvalue weighted by Crippen LogP contribution is 2.25. The summed E-state index contributed by atoms with van der Waals surface area (Å²) in [5.74, 6) is 0.704. The zero-order valence-electron chi connectivity index (χ0n) is 15.0. The molecule has 4 aromatic rings. The first-order chi connectivity index (χ1) is 13.6. The molecule has 0 aliphatic rings. The number of fused-ring (bicyclic) bond motifs is 1. The molecule has 10 heteroatoms. The first-order valence-electron chi connectivity index (χ1n) is 8.56. The first-order valence-corrected chi connectivity index (χ1v) is 8.56. The summed E-state index contributed by atoms with van der Waals surface area (Å²) < 4.78 is 5.20. The number of H-pyrrole nitrogens is 1. The van der Waals surface area contributed by atoms with Gasteiger partial charge in [-0.25, -0.2) is 0 Å². The summed E-state index contributed by atoms with van der Waals surface area (Å²) >= 11 is 0. The number of aromatic amines is 1. The first kappa shape index (κ1) is 17.9. The number of hydrogen-bond donors (Lipinski definition) is 4. The minimum Gasteiger partial charge on any atom is -0.467 e. The Labute approximate surface area is 160 Å². The number of rotatable bonds is 6. The number of nitrogens with zero attached hydrogens (tertiary/aromatic N) is 4. The van der Waals surface area contributed by atoms with Crippen molar-refractivity contribution >= 4 is 29.4 Å². The molecule has 4 N–H and O–H groups in total. The van der Waals surface area contributed by atoms with Gasteiger partial charge in [0.1, 0.15) is 5.69 Å². The normalized spacial score (nSPS) is 10.8. The van der Waals surface area contributed by atoms with Crippen LogP contribution in [0.4, 0.5) is 5.95 Å². The van der Waals surface area contributed by atoms with Gasteiger partial charge in [-0.2, -0.15) is 20.1 Å². The third-order valence-corrected chi connectivity index (χ3v) is 4.18. The average Bonchev–Trinajstić information content (AvgIpc) is 3.16. The van der Waals surface area contributed by atoms with E-state index >= 15 is 0 Å². The van der Waals surface area contributed by atoms with E-state index in [1.54, 1.807) is 18.2 Å². The predicted octanol–water partition coefficient (Wildman–Crippen LogP) is 0.715. The fraction of sp³-hybridized carbons (Fsp3) is 0.111. The quantitative estimate of drug-likeness (QED) is 0.362. The van der Waals surface area contributed by atoms with Crippen LogP contribution in [-0.4, -0.2) is 49.4 Å². The van der Waals surface area contributed by atoms with Crippen molar-refractivity contribution in [2.45, 2.75) is 6.54 Å². The van der Waals surface area contributed by atoms with Crippen LogP contribution in [0.5, 0.6) is 6.01 Å². The zero-order chi connectivity index (χ0) is 19.5. The zero-order valence-corrected chi connectivity index (χ0v) is 15.0. The summed E-state index contributed by atoms with van der Waals surface area (Å²) in [4.78, 5) is 13.0. The lowest BCUT2D eigenvalue weighted by atomic mass is 9.80. The summed E-state index contributed by atoms with van der Waals surface area (Å²) in [7, 11) is -0.0331. The van der Waals surface area contributed by atoms with Crippen molar-refractivity contribution in [2.24, 2.45) is 0 Å². The molecule has 28 heavy (non-hydrogen) atoms.